The largest absolute Gasteiger partial charge is 0.573 e. The Morgan fingerprint density at radius 1 is 1.41 bits per heavy atom. The highest BCUT2D eigenvalue weighted by molar-refractivity contribution is 6.27. The maximum Gasteiger partial charge on any atom is 0.573 e. The number of alkyl halides is 4. The average molecular weight is 268 g/mol. The van der Waals surface area contributed by atoms with Crippen LogP contribution in [0.4, 0.5) is 13.2 Å². The predicted molar refractivity (Wildman–Crippen MR) is 55.7 cm³/mol. The van der Waals surface area contributed by atoms with Crippen molar-refractivity contribution in [1.29, 1.82) is 0 Å². The van der Waals surface area contributed by atoms with Crippen molar-refractivity contribution in [2.75, 3.05) is 5.88 Å². The van der Waals surface area contributed by atoms with Gasteiger partial charge in [-0.05, 0) is 17.7 Å². The van der Waals surface area contributed by atoms with E-state index >= 15 is 0 Å². The molecule has 94 valence electrons. The van der Waals surface area contributed by atoms with Crippen LogP contribution in [0.3, 0.4) is 0 Å². The van der Waals surface area contributed by atoms with Gasteiger partial charge in [-0.25, -0.2) is 0 Å². The molecule has 1 rings (SSSR count). The number of carbonyl (C=O) groups excluding carboxylic acids is 1. The number of carbonyl (C=O) groups is 1. The van der Waals surface area contributed by atoms with Gasteiger partial charge in [-0.2, -0.15) is 0 Å². The molecule has 17 heavy (non-hydrogen) atoms. The lowest BCUT2D eigenvalue weighted by molar-refractivity contribution is -0.274. The third-order valence-electron chi connectivity index (χ3n) is 1.74. The van der Waals surface area contributed by atoms with Gasteiger partial charge in [-0.15, -0.1) is 24.8 Å². The maximum atomic E-state index is 11.9. The molecule has 1 aromatic rings. The molecule has 1 aromatic carbocycles. The zero-order valence-corrected chi connectivity index (χ0v) is 9.31. The minimum Gasteiger partial charge on any atom is -0.406 e. The van der Waals surface area contributed by atoms with Crippen LogP contribution in [-0.4, -0.2) is 18.1 Å². The van der Waals surface area contributed by atoms with Crippen molar-refractivity contribution in [3.63, 3.8) is 0 Å². The highest BCUT2D eigenvalue weighted by atomic mass is 35.5. The number of nitrogens with one attached hydrogen (secondary N) is 1. The Balaban J connectivity index is 2.63. The zero-order valence-electron chi connectivity index (χ0n) is 8.55. The second-order valence-electron chi connectivity index (χ2n) is 3.11. The molecular formula is C10H9ClF3NO2. The van der Waals surface area contributed by atoms with E-state index in [9.17, 15) is 18.0 Å². The molecule has 7 heteroatoms. The van der Waals surface area contributed by atoms with Crippen LogP contribution in [0.1, 0.15) is 5.56 Å². The molecular weight excluding hydrogens is 259 g/mol. The fourth-order valence-corrected chi connectivity index (χ4v) is 1.19. The van der Waals surface area contributed by atoms with Crippen molar-refractivity contribution in [2.24, 2.45) is 0 Å². The lowest BCUT2D eigenvalue weighted by Crippen LogP contribution is -2.23. The van der Waals surface area contributed by atoms with Gasteiger partial charge in [0.05, 0.1) is 0 Å². The maximum absolute atomic E-state index is 11.9. The molecule has 0 unspecified atom stereocenters. The lowest BCUT2D eigenvalue weighted by atomic mass is 10.2. The first kappa shape index (κ1) is 13.6. The fraction of sp³-hybridized carbons (Fsp3) is 0.300. The Hall–Kier alpha value is -1.43. The predicted octanol–water partition coefficient (Wildman–Crippen LogP) is 2.44. The molecule has 0 aliphatic rings. The van der Waals surface area contributed by atoms with Crippen LogP contribution in [0.5, 0.6) is 5.75 Å². The average Bonchev–Trinajstić information content (AvgIpc) is 2.24. The molecule has 0 fully saturated rings. The first-order valence-electron chi connectivity index (χ1n) is 4.58. The summed E-state index contributed by atoms with van der Waals surface area (Å²) in [4.78, 5) is 10.8. The smallest absolute Gasteiger partial charge is 0.406 e. The molecule has 0 bridgehead atoms. The number of ether oxygens (including phenoxy) is 1. The van der Waals surface area contributed by atoms with Gasteiger partial charge in [0.25, 0.3) is 0 Å². The molecule has 0 aliphatic carbocycles. The Morgan fingerprint density at radius 3 is 2.71 bits per heavy atom. The van der Waals surface area contributed by atoms with Crippen LogP contribution in [0.15, 0.2) is 24.3 Å². The Bertz CT molecular complexity index is 395. The first-order valence-corrected chi connectivity index (χ1v) is 5.11. The Morgan fingerprint density at radius 2 is 2.12 bits per heavy atom. The Kier molecular flexibility index (Phi) is 4.62. The van der Waals surface area contributed by atoms with Crippen molar-refractivity contribution < 1.29 is 22.7 Å². The molecule has 1 amide bonds. The second kappa shape index (κ2) is 5.77. The minimum absolute atomic E-state index is 0.0978. The SMILES string of the molecule is O=C(CCl)NCc1cccc(OC(F)(F)F)c1. The molecule has 0 spiro atoms. The van der Waals surface area contributed by atoms with Crippen molar-refractivity contribution in [3.8, 4) is 5.75 Å². The molecule has 0 heterocycles. The highest BCUT2D eigenvalue weighted by Gasteiger charge is 2.31. The molecule has 0 radical (unpaired) electrons. The standard InChI is InChI=1S/C10H9ClF3NO2/c11-5-9(16)15-6-7-2-1-3-8(4-7)17-10(12,13)14/h1-4H,5-6H2,(H,15,16). The third-order valence-corrected chi connectivity index (χ3v) is 1.99. The van der Waals surface area contributed by atoms with Gasteiger partial charge in [0.1, 0.15) is 11.6 Å². The van der Waals surface area contributed by atoms with Gasteiger partial charge < -0.3 is 10.1 Å². The van der Waals surface area contributed by atoms with Gasteiger partial charge in [0.15, 0.2) is 0 Å². The molecule has 3 nitrogen and oxygen atoms in total. The van der Waals surface area contributed by atoms with E-state index in [4.69, 9.17) is 11.6 Å². The highest BCUT2D eigenvalue weighted by Crippen LogP contribution is 2.23. The second-order valence-corrected chi connectivity index (χ2v) is 3.37. The van der Waals surface area contributed by atoms with E-state index < -0.39 is 12.3 Å². The van der Waals surface area contributed by atoms with E-state index in [-0.39, 0.29) is 18.2 Å². The van der Waals surface area contributed by atoms with Crippen LogP contribution in [-0.2, 0) is 11.3 Å². The van der Waals surface area contributed by atoms with Crippen molar-refractivity contribution in [1.82, 2.24) is 5.32 Å². The lowest BCUT2D eigenvalue weighted by Gasteiger charge is -2.10. The van der Waals surface area contributed by atoms with E-state index in [1.165, 1.54) is 18.2 Å². The number of halogens is 4. The van der Waals surface area contributed by atoms with Gasteiger partial charge in [-0.1, -0.05) is 12.1 Å². The van der Waals surface area contributed by atoms with Crippen molar-refractivity contribution >= 4 is 17.5 Å². The summed E-state index contributed by atoms with van der Waals surface area (Å²) in [6, 6.07) is 5.35. The number of rotatable bonds is 4. The quantitative estimate of drug-likeness (QED) is 0.851. The van der Waals surface area contributed by atoms with Crippen LogP contribution < -0.4 is 10.1 Å². The van der Waals surface area contributed by atoms with E-state index in [2.05, 4.69) is 10.1 Å². The van der Waals surface area contributed by atoms with Gasteiger partial charge in [-0.3, -0.25) is 4.79 Å². The van der Waals surface area contributed by atoms with E-state index in [0.717, 1.165) is 0 Å². The minimum atomic E-state index is -4.72. The summed E-state index contributed by atoms with van der Waals surface area (Å²) in [5.41, 5.74) is 0.491. The van der Waals surface area contributed by atoms with E-state index in [0.29, 0.717) is 5.56 Å². The van der Waals surface area contributed by atoms with Gasteiger partial charge >= 0.3 is 6.36 Å². The van der Waals surface area contributed by atoms with E-state index in [1.54, 1.807) is 6.07 Å². The summed E-state index contributed by atoms with van der Waals surface area (Å²) in [5, 5.41) is 2.43. The van der Waals surface area contributed by atoms with Crippen LogP contribution in [0, 0.1) is 0 Å². The van der Waals surface area contributed by atoms with Crippen molar-refractivity contribution in [3.05, 3.63) is 29.8 Å². The van der Waals surface area contributed by atoms with Crippen LogP contribution >= 0.6 is 11.6 Å². The van der Waals surface area contributed by atoms with Crippen LogP contribution in [0.25, 0.3) is 0 Å². The number of amides is 1. The normalized spacial score (nSPS) is 11.1. The summed E-state index contributed by atoms with van der Waals surface area (Å²) in [5.74, 6) is -0.914. The summed E-state index contributed by atoms with van der Waals surface area (Å²) in [6.45, 7) is 0.0978. The summed E-state index contributed by atoms with van der Waals surface area (Å²) in [7, 11) is 0. The number of benzene rings is 1. The topological polar surface area (TPSA) is 38.3 Å². The van der Waals surface area contributed by atoms with Crippen LogP contribution in [0.2, 0.25) is 0 Å². The van der Waals surface area contributed by atoms with E-state index in [1.807, 2.05) is 0 Å². The number of hydrogen-bond acceptors (Lipinski definition) is 2. The van der Waals surface area contributed by atoms with Crippen molar-refractivity contribution in [2.45, 2.75) is 12.9 Å². The molecule has 0 saturated carbocycles. The number of hydrogen-bond donors (Lipinski definition) is 1. The third kappa shape index (κ3) is 5.44. The zero-order chi connectivity index (χ0) is 12.9. The fourth-order valence-electron chi connectivity index (χ4n) is 1.10. The van der Waals surface area contributed by atoms with Gasteiger partial charge in [0.2, 0.25) is 5.91 Å². The first-order chi connectivity index (χ1) is 7.90. The monoisotopic (exact) mass is 267 g/mol. The molecule has 0 atom stereocenters. The molecule has 0 saturated heterocycles. The summed E-state index contributed by atoms with van der Waals surface area (Å²) >= 11 is 5.25. The molecule has 0 aromatic heterocycles. The van der Waals surface area contributed by atoms with Gasteiger partial charge in [0, 0.05) is 6.54 Å². The summed E-state index contributed by atoms with van der Waals surface area (Å²) in [6.07, 6.45) is -4.72. The molecule has 0 aliphatic heterocycles. The molecule has 1 N–H and O–H groups in total. The Labute approximate surface area is 101 Å². The summed E-state index contributed by atoms with van der Waals surface area (Å²) < 4.78 is 39.5.